The average molecular weight is 392 g/mol. The summed E-state index contributed by atoms with van der Waals surface area (Å²) in [5.74, 6) is 1.52. The van der Waals surface area contributed by atoms with Crippen molar-refractivity contribution >= 4 is 38.2 Å². The van der Waals surface area contributed by atoms with Gasteiger partial charge in [-0.15, -0.1) is 11.3 Å². The van der Waals surface area contributed by atoms with Crippen molar-refractivity contribution < 1.29 is 14.6 Å². The molecule has 0 saturated heterocycles. The SMILES string of the molecule is CC(C)Cc1sc2cc(Oc3ccnc4cc(O)ccc34)ccc2c1C(N)=O. The number of rotatable bonds is 5. The van der Waals surface area contributed by atoms with Crippen molar-refractivity contribution in [3.63, 3.8) is 0 Å². The van der Waals surface area contributed by atoms with E-state index in [1.807, 2.05) is 18.2 Å². The highest BCUT2D eigenvalue weighted by molar-refractivity contribution is 7.19. The van der Waals surface area contributed by atoms with Crippen LogP contribution in [0.5, 0.6) is 17.2 Å². The Labute approximate surface area is 166 Å². The van der Waals surface area contributed by atoms with Gasteiger partial charge in [-0.3, -0.25) is 9.78 Å². The number of aromatic nitrogens is 1. The highest BCUT2D eigenvalue weighted by atomic mass is 32.1. The molecule has 0 aliphatic heterocycles. The van der Waals surface area contributed by atoms with Crippen LogP contribution in [-0.2, 0) is 6.42 Å². The first-order valence-corrected chi connectivity index (χ1v) is 9.85. The van der Waals surface area contributed by atoms with E-state index in [1.54, 1.807) is 41.8 Å². The number of phenols is 1. The maximum Gasteiger partial charge on any atom is 0.250 e. The summed E-state index contributed by atoms with van der Waals surface area (Å²) in [6.45, 7) is 4.24. The molecule has 28 heavy (non-hydrogen) atoms. The lowest BCUT2D eigenvalue weighted by Gasteiger charge is -2.09. The number of nitrogens with two attached hydrogens (primary N) is 1. The third kappa shape index (κ3) is 3.39. The molecule has 0 saturated carbocycles. The first-order valence-electron chi connectivity index (χ1n) is 9.03. The number of carbonyl (C=O) groups is 1. The van der Waals surface area contributed by atoms with Crippen LogP contribution in [-0.4, -0.2) is 16.0 Å². The van der Waals surface area contributed by atoms with Crippen LogP contribution >= 0.6 is 11.3 Å². The van der Waals surface area contributed by atoms with Crippen molar-refractivity contribution in [2.24, 2.45) is 11.7 Å². The lowest BCUT2D eigenvalue weighted by atomic mass is 10.0. The fourth-order valence-corrected chi connectivity index (χ4v) is 4.75. The van der Waals surface area contributed by atoms with Gasteiger partial charge in [0.2, 0.25) is 5.91 Å². The number of ether oxygens (including phenoxy) is 1. The Kier molecular flexibility index (Phi) is 4.65. The van der Waals surface area contributed by atoms with Crippen LogP contribution < -0.4 is 10.5 Å². The highest BCUT2D eigenvalue weighted by Crippen LogP contribution is 2.37. The van der Waals surface area contributed by atoms with E-state index in [-0.39, 0.29) is 5.75 Å². The summed E-state index contributed by atoms with van der Waals surface area (Å²) in [7, 11) is 0. The van der Waals surface area contributed by atoms with E-state index in [4.69, 9.17) is 10.5 Å². The summed E-state index contributed by atoms with van der Waals surface area (Å²) < 4.78 is 7.07. The fraction of sp³-hybridized carbons (Fsp3) is 0.182. The van der Waals surface area contributed by atoms with Gasteiger partial charge < -0.3 is 15.6 Å². The molecule has 4 rings (SSSR count). The van der Waals surface area contributed by atoms with Crippen LogP contribution in [0.3, 0.4) is 0 Å². The first-order chi connectivity index (χ1) is 13.4. The van der Waals surface area contributed by atoms with Crippen molar-refractivity contribution in [1.82, 2.24) is 4.98 Å². The minimum absolute atomic E-state index is 0.161. The zero-order chi connectivity index (χ0) is 19.8. The molecule has 142 valence electrons. The van der Waals surface area contributed by atoms with Crippen LogP contribution in [0.25, 0.3) is 21.0 Å². The van der Waals surface area contributed by atoms with Crippen LogP contribution in [0.2, 0.25) is 0 Å². The lowest BCUT2D eigenvalue weighted by molar-refractivity contribution is 0.100. The van der Waals surface area contributed by atoms with E-state index in [1.165, 1.54) is 0 Å². The van der Waals surface area contributed by atoms with Gasteiger partial charge in [-0.2, -0.15) is 0 Å². The number of hydrogen-bond acceptors (Lipinski definition) is 5. The number of carbonyl (C=O) groups excluding carboxylic acids is 1. The van der Waals surface area contributed by atoms with Crippen LogP contribution in [0.4, 0.5) is 0 Å². The molecule has 0 fully saturated rings. The number of phenolic OH excluding ortho intramolecular Hbond substituents is 1. The van der Waals surface area contributed by atoms with E-state index in [2.05, 4.69) is 18.8 Å². The summed E-state index contributed by atoms with van der Waals surface area (Å²) in [6.07, 6.45) is 2.46. The molecule has 2 aromatic heterocycles. The largest absolute Gasteiger partial charge is 0.508 e. The van der Waals surface area contributed by atoms with Crippen molar-refractivity contribution in [2.75, 3.05) is 0 Å². The number of aromatic hydroxyl groups is 1. The second kappa shape index (κ2) is 7.13. The number of fused-ring (bicyclic) bond motifs is 2. The molecule has 3 N–H and O–H groups in total. The summed E-state index contributed by atoms with van der Waals surface area (Å²) >= 11 is 1.58. The second-order valence-electron chi connectivity index (χ2n) is 7.13. The lowest BCUT2D eigenvalue weighted by Crippen LogP contribution is -2.13. The zero-order valence-electron chi connectivity index (χ0n) is 15.6. The Hall–Kier alpha value is -3.12. The number of amides is 1. The van der Waals surface area contributed by atoms with Crippen molar-refractivity contribution in [2.45, 2.75) is 20.3 Å². The molecule has 0 unspecified atom stereocenters. The minimum Gasteiger partial charge on any atom is -0.508 e. The van der Waals surface area contributed by atoms with E-state index < -0.39 is 5.91 Å². The van der Waals surface area contributed by atoms with Crippen LogP contribution in [0.15, 0.2) is 48.7 Å². The van der Waals surface area contributed by atoms with E-state index in [0.717, 1.165) is 26.8 Å². The van der Waals surface area contributed by atoms with E-state index >= 15 is 0 Å². The standard InChI is InChI=1S/C22H20N2O3S/c1-12(2)9-20-21(22(23)26)16-6-4-14(11-19(16)28-20)27-18-7-8-24-17-10-13(25)3-5-15(17)18/h3-8,10-12,25H,9H2,1-2H3,(H2,23,26). The number of hydrogen-bond donors (Lipinski definition) is 2. The monoisotopic (exact) mass is 392 g/mol. The maximum atomic E-state index is 12.0. The quantitative estimate of drug-likeness (QED) is 0.486. The van der Waals surface area contributed by atoms with Crippen molar-refractivity contribution in [3.8, 4) is 17.2 Å². The molecule has 4 aromatic rings. The molecule has 5 nitrogen and oxygen atoms in total. The molecule has 1 amide bonds. The predicted octanol–water partition coefficient (Wildman–Crippen LogP) is 5.24. The summed E-state index contributed by atoms with van der Waals surface area (Å²) in [6, 6.07) is 12.4. The van der Waals surface area contributed by atoms with Gasteiger partial charge in [-0.1, -0.05) is 13.8 Å². The molecule has 6 heteroatoms. The molecular formula is C22H20N2O3S. The van der Waals surface area contributed by atoms with Gasteiger partial charge in [0.15, 0.2) is 0 Å². The molecular weight excluding hydrogens is 372 g/mol. The van der Waals surface area contributed by atoms with Crippen molar-refractivity contribution in [3.05, 3.63) is 59.1 Å². The van der Waals surface area contributed by atoms with Gasteiger partial charge in [0.1, 0.15) is 17.2 Å². The number of thiophene rings is 1. The topological polar surface area (TPSA) is 85.4 Å². The summed E-state index contributed by atoms with van der Waals surface area (Å²) in [5, 5.41) is 11.3. The Morgan fingerprint density at radius 3 is 2.71 bits per heavy atom. The summed E-state index contributed by atoms with van der Waals surface area (Å²) in [4.78, 5) is 17.3. The number of nitrogens with zero attached hydrogens (tertiary/aromatic N) is 1. The molecule has 0 aliphatic carbocycles. The van der Waals surface area contributed by atoms with Gasteiger partial charge in [-0.05, 0) is 48.7 Å². The molecule has 0 atom stereocenters. The van der Waals surface area contributed by atoms with Crippen LogP contribution in [0, 0.1) is 5.92 Å². The first kappa shape index (κ1) is 18.3. The third-order valence-corrected chi connectivity index (χ3v) is 5.66. The zero-order valence-corrected chi connectivity index (χ0v) is 16.4. The summed E-state index contributed by atoms with van der Waals surface area (Å²) in [5.41, 5.74) is 6.92. The normalized spacial score (nSPS) is 11.4. The Morgan fingerprint density at radius 2 is 1.96 bits per heavy atom. The van der Waals surface area contributed by atoms with Gasteiger partial charge in [0.25, 0.3) is 0 Å². The Bertz CT molecular complexity index is 1200. The molecule has 0 spiro atoms. The van der Waals surface area contributed by atoms with Crippen LogP contribution in [0.1, 0.15) is 29.1 Å². The smallest absolute Gasteiger partial charge is 0.250 e. The maximum absolute atomic E-state index is 12.0. The van der Waals surface area contributed by atoms with Gasteiger partial charge in [0.05, 0.1) is 11.1 Å². The third-order valence-electron chi connectivity index (χ3n) is 4.49. The molecule has 0 bridgehead atoms. The van der Waals surface area contributed by atoms with Crippen molar-refractivity contribution in [1.29, 1.82) is 0 Å². The Morgan fingerprint density at radius 1 is 1.18 bits per heavy atom. The Balaban J connectivity index is 1.76. The number of pyridine rings is 1. The predicted molar refractivity (Wildman–Crippen MR) is 112 cm³/mol. The van der Waals surface area contributed by atoms with Gasteiger partial charge in [0, 0.05) is 32.6 Å². The molecule has 0 radical (unpaired) electrons. The van der Waals surface area contributed by atoms with Gasteiger partial charge in [-0.25, -0.2) is 0 Å². The van der Waals surface area contributed by atoms with Gasteiger partial charge >= 0.3 is 0 Å². The molecule has 2 heterocycles. The highest BCUT2D eigenvalue weighted by Gasteiger charge is 2.18. The average Bonchev–Trinajstić information content (AvgIpc) is 2.98. The van der Waals surface area contributed by atoms with E-state index in [0.29, 0.717) is 28.5 Å². The molecule has 0 aliphatic rings. The fourth-order valence-electron chi connectivity index (χ4n) is 3.30. The number of benzene rings is 2. The minimum atomic E-state index is -0.393. The molecule has 2 aromatic carbocycles. The second-order valence-corrected chi connectivity index (χ2v) is 8.27. The number of primary amides is 1. The van der Waals surface area contributed by atoms with E-state index in [9.17, 15) is 9.90 Å².